The molecule has 3 fully saturated rings. The number of likely N-dealkylation sites (tertiary alicyclic amines) is 1. The smallest absolute Gasteiger partial charge is 0.248 e. The predicted octanol–water partition coefficient (Wildman–Crippen LogP) is 3.45. The maximum atomic E-state index is 12.4. The van der Waals surface area contributed by atoms with Crippen molar-refractivity contribution < 1.29 is 14.6 Å². The fourth-order valence-electron chi connectivity index (χ4n) is 5.18. The Morgan fingerprint density at radius 1 is 1.04 bits per heavy atom. The minimum atomic E-state index is -0.323. The van der Waals surface area contributed by atoms with Gasteiger partial charge in [0.05, 0.1) is 0 Å². The SMILES string of the molecule is CC1CCC(N2CCC(N(C(=O)CO)C3CCCCC3)CC2)C1.CCOC. The van der Waals surface area contributed by atoms with E-state index in [1.165, 1.54) is 38.5 Å². The third kappa shape index (κ3) is 6.72. The molecule has 2 aliphatic carbocycles. The van der Waals surface area contributed by atoms with E-state index in [1.54, 1.807) is 7.11 Å². The maximum Gasteiger partial charge on any atom is 0.248 e. The molecule has 2 unspecified atom stereocenters. The molecule has 3 rings (SSSR count). The van der Waals surface area contributed by atoms with Gasteiger partial charge in [-0.2, -0.15) is 0 Å². The van der Waals surface area contributed by atoms with E-state index in [1.807, 2.05) is 6.92 Å². The van der Waals surface area contributed by atoms with Gasteiger partial charge < -0.3 is 19.6 Å². The Morgan fingerprint density at radius 3 is 2.11 bits per heavy atom. The van der Waals surface area contributed by atoms with Crippen molar-refractivity contribution in [2.45, 2.75) is 96.2 Å². The third-order valence-corrected chi connectivity index (χ3v) is 6.76. The molecule has 2 saturated carbocycles. The molecule has 5 heteroatoms. The first-order valence-electron chi connectivity index (χ1n) is 11.3. The van der Waals surface area contributed by atoms with Crippen molar-refractivity contribution in [1.82, 2.24) is 9.80 Å². The first-order chi connectivity index (χ1) is 13.1. The molecule has 0 aromatic heterocycles. The Morgan fingerprint density at radius 2 is 1.63 bits per heavy atom. The molecule has 3 aliphatic rings. The Labute approximate surface area is 166 Å². The number of piperidine rings is 1. The van der Waals surface area contributed by atoms with Gasteiger partial charge in [0.1, 0.15) is 6.61 Å². The van der Waals surface area contributed by atoms with E-state index >= 15 is 0 Å². The number of ether oxygens (including phenoxy) is 1. The van der Waals surface area contributed by atoms with E-state index in [0.717, 1.165) is 57.3 Å². The quantitative estimate of drug-likeness (QED) is 0.791. The highest BCUT2D eigenvalue weighted by molar-refractivity contribution is 5.78. The molecule has 5 nitrogen and oxygen atoms in total. The van der Waals surface area contributed by atoms with Crippen LogP contribution in [0.5, 0.6) is 0 Å². The minimum absolute atomic E-state index is 0.0372. The van der Waals surface area contributed by atoms with E-state index in [-0.39, 0.29) is 12.5 Å². The zero-order valence-corrected chi connectivity index (χ0v) is 17.9. The predicted molar refractivity (Wildman–Crippen MR) is 110 cm³/mol. The van der Waals surface area contributed by atoms with Crippen LogP contribution in [0.15, 0.2) is 0 Å². The Balaban J connectivity index is 0.000000596. The fraction of sp³-hybridized carbons (Fsp3) is 0.955. The van der Waals surface area contributed by atoms with Gasteiger partial charge in [0, 0.05) is 44.9 Å². The van der Waals surface area contributed by atoms with Crippen molar-refractivity contribution in [3.8, 4) is 0 Å². The lowest BCUT2D eigenvalue weighted by atomic mass is 9.91. The van der Waals surface area contributed by atoms with E-state index in [2.05, 4.69) is 21.5 Å². The molecule has 1 aliphatic heterocycles. The van der Waals surface area contributed by atoms with Crippen LogP contribution in [0.3, 0.4) is 0 Å². The summed E-state index contributed by atoms with van der Waals surface area (Å²) in [5.74, 6) is 0.845. The summed E-state index contributed by atoms with van der Waals surface area (Å²) in [6, 6.07) is 1.52. The molecule has 0 aromatic rings. The van der Waals surface area contributed by atoms with Crippen LogP contribution in [-0.4, -0.2) is 72.4 Å². The van der Waals surface area contributed by atoms with Gasteiger partial charge in [0.25, 0.3) is 0 Å². The lowest BCUT2D eigenvalue weighted by molar-refractivity contribution is -0.141. The number of hydrogen-bond acceptors (Lipinski definition) is 4. The summed E-state index contributed by atoms with van der Waals surface area (Å²) in [6.45, 7) is 7.09. The second kappa shape index (κ2) is 12.0. The van der Waals surface area contributed by atoms with Crippen molar-refractivity contribution >= 4 is 5.91 Å². The number of rotatable bonds is 5. The zero-order chi connectivity index (χ0) is 19.6. The van der Waals surface area contributed by atoms with Crippen molar-refractivity contribution in [2.24, 2.45) is 5.92 Å². The van der Waals surface area contributed by atoms with Gasteiger partial charge in [-0.05, 0) is 57.8 Å². The van der Waals surface area contributed by atoms with Gasteiger partial charge in [-0.3, -0.25) is 4.79 Å². The average Bonchev–Trinajstić information content (AvgIpc) is 3.16. The minimum Gasteiger partial charge on any atom is -0.387 e. The molecule has 0 spiro atoms. The van der Waals surface area contributed by atoms with Gasteiger partial charge >= 0.3 is 0 Å². The molecule has 2 atom stereocenters. The zero-order valence-electron chi connectivity index (χ0n) is 17.9. The van der Waals surface area contributed by atoms with Gasteiger partial charge in [-0.25, -0.2) is 0 Å². The lowest BCUT2D eigenvalue weighted by Gasteiger charge is -2.44. The number of carbonyl (C=O) groups is 1. The summed E-state index contributed by atoms with van der Waals surface area (Å²) in [7, 11) is 1.68. The Bertz CT molecular complexity index is 416. The molecule has 158 valence electrons. The second-order valence-corrected chi connectivity index (χ2v) is 8.67. The number of nitrogens with zero attached hydrogens (tertiary/aromatic N) is 2. The first-order valence-corrected chi connectivity index (χ1v) is 11.3. The highest BCUT2D eigenvalue weighted by Crippen LogP contribution is 2.33. The number of aliphatic hydroxyl groups excluding tert-OH is 1. The van der Waals surface area contributed by atoms with Gasteiger partial charge in [0.2, 0.25) is 5.91 Å². The van der Waals surface area contributed by atoms with E-state index in [9.17, 15) is 9.90 Å². The maximum absolute atomic E-state index is 12.4. The number of amides is 1. The second-order valence-electron chi connectivity index (χ2n) is 8.67. The van der Waals surface area contributed by atoms with Gasteiger partial charge in [-0.1, -0.05) is 26.2 Å². The van der Waals surface area contributed by atoms with Crippen LogP contribution in [0, 0.1) is 5.92 Å². The summed E-state index contributed by atoms with van der Waals surface area (Å²) in [4.78, 5) is 17.1. The average molecular weight is 383 g/mol. The molecule has 0 bridgehead atoms. The molecular formula is C22H42N2O3. The van der Waals surface area contributed by atoms with Crippen molar-refractivity contribution in [2.75, 3.05) is 33.4 Å². The number of aliphatic hydroxyl groups is 1. The normalized spacial score (nSPS) is 27.9. The standard InChI is InChI=1S/C19H34N2O2.C3H8O/c1-15-7-8-18(13-15)20-11-9-17(10-12-20)21(19(23)14-22)16-5-3-2-4-6-16;1-3-4-2/h15-18,22H,2-14H2,1H3;3H2,1-2H3. The summed E-state index contributed by atoms with van der Waals surface area (Å²) < 4.78 is 4.54. The lowest BCUT2D eigenvalue weighted by Crippen LogP contribution is -2.54. The van der Waals surface area contributed by atoms with Crippen LogP contribution in [0.4, 0.5) is 0 Å². The summed E-state index contributed by atoms with van der Waals surface area (Å²) in [6.07, 6.45) is 12.3. The molecule has 1 amide bonds. The fourth-order valence-corrected chi connectivity index (χ4v) is 5.18. The van der Waals surface area contributed by atoms with Crippen LogP contribution in [0.25, 0.3) is 0 Å². The highest BCUT2D eigenvalue weighted by Gasteiger charge is 2.35. The monoisotopic (exact) mass is 382 g/mol. The van der Waals surface area contributed by atoms with Crippen molar-refractivity contribution in [3.63, 3.8) is 0 Å². The summed E-state index contributed by atoms with van der Waals surface area (Å²) >= 11 is 0. The Kier molecular flexibility index (Phi) is 10.1. The van der Waals surface area contributed by atoms with Gasteiger partial charge in [0.15, 0.2) is 0 Å². The van der Waals surface area contributed by atoms with Crippen molar-refractivity contribution in [1.29, 1.82) is 0 Å². The Hall–Kier alpha value is -0.650. The van der Waals surface area contributed by atoms with Crippen LogP contribution in [0.1, 0.15) is 78.1 Å². The largest absolute Gasteiger partial charge is 0.387 e. The number of carbonyl (C=O) groups excluding carboxylic acids is 1. The summed E-state index contributed by atoms with van der Waals surface area (Å²) in [5.41, 5.74) is 0. The molecule has 1 heterocycles. The topological polar surface area (TPSA) is 53.0 Å². The van der Waals surface area contributed by atoms with E-state index in [0.29, 0.717) is 12.1 Å². The molecular weight excluding hydrogens is 340 g/mol. The van der Waals surface area contributed by atoms with Crippen LogP contribution in [0.2, 0.25) is 0 Å². The molecule has 0 aromatic carbocycles. The molecule has 1 saturated heterocycles. The molecule has 0 radical (unpaired) electrons. The first kappa shape index (κ1) is 22.6. The van der Waals surface area contributed by atoms with E-state index < -0.39 is 0 Å². The number of hydrogen-bond donors (Lipinski definition) is 1. The van der Waals surface area contributed by atoms with Crippen LogP contribution >= 0.6 is 0 Å². The highest BCUT2D eigenvalue weighted by atomic mass is 16.5. The van der Waals surface area contributed by atoms with Crippen LogP contribution < -0.4 is 0 Å². The van der Waals surface area contributed by atoms with E-state index in [4.69, 9.17) is 0 Å². The number of methoxy groups -OCH3 is 1. The molecule has 1 N–H and O–H groups in total. The van der Waals surface area contributed by atoms with Crippen molar-refractivity contribution in [3.05, 3.63) is 0 Å². The third-order valence-electron chi connectivity index (χ3n) is 6.76. The van der Waals surface area contributed by atoms with Gasteiger partial charge in [-0.15, -0.1) is 0 Å². The molecule has 27 heavy (non-hydrogen) atoms. The summed E-state index contributed by atoms with van der Waals surface area (Å²) in [5, 5.41) is 9.42. The van der Waals surface area contributed by atoms with Crippen LogP contribution in [-0.2, 0) is 9.53 Å².